The molecule has 3 aromatic rings. The summed E-state index contributed by atoms with van der Waals surface area (Å²) >= 11 is -0.621. The summed E-state index contributed by atoms with van der Waals surface area (Å²) in [6.45, 7) is 0. The van der Waals surface area contributed by atoms with Crippen LogP contribution in [0.3, 0.4) is 0 Å². The molecule has 4 heteroatoms. The van der Waals surface area contributed by atoms with Crippen LogP contribution in [0.2, 0.25) is 0 Å². The van der Waals surface area contributed by atoms with Crippen molar-refractivity contribution >= 4 is 16.7 Å². The van der Waals surface area contributed by atoms with Gasteiger partial charge in [-0.2, -0.15) is 0 Å². The van der Waals surface area contributed by atoms with Crippen molar-refractivity contribution in [2.24, 2.45) is 0 Å². The summed E-state index contributed by atoms with van der Waals surface area (Å²) in [7, 11) is 0. The van der Waals surface area contributed by atoms with Gasteiger partial charge in [0.1, 0.15) is 11.3 Å². The predicted molar refractivity (Wildman–Crippen MR) is 70.7 cm³/mol. The Bertz CT molecular complexity index is 781. The molecule has 2 aromatic carbocycles. The number of rotatable bonds is 2. The Morgan fingerprint density at radius 2 is 1.63 bits per heavy atom. The first kappa shape index (κ1) is 12.2. The number of nitrogen functional groups attached to an aromatic ring is 1. The maximum Gasteiger partial charge on any atom is 0.393 e. The third-order valence-corrected chi connectivity index (χ3v) is 5.64. The molecule has 94 valence electrons. The van der Waals surface area contributed by atoms with Crippen molar-refractivity contribution in [1.82, 2.24) is 0 Å². The molecule has 1 aromatic heterocycles. The Kier molecular flexibility index (Phi) is 3.25. The number of benzene rings is 2. The van der Waals surface area contributed by atoms with E-state index in [1.165, 1.54) is 0 Å². The van der Waals surface area contributed by atoms with Gasteiger partial charge in [-0.15, -0.1) is 0 Å². The fraction of sp³-hybridized carbons (Fsp3) is 0. The number of nitrogens with two attached hydrogens (primary N) is 1. The molecular weight excluding hydrogens is 353 g/mol. The summed E-state index contributed by atoms with van der Waals surface area (Å²) in [6, 6.07) is 17.3. The standard InChI is InChI=1S/C15H10INO2/c17-14-11-8-4-5-9-12(11)19-15(18)13(14)16-10-6-2-1-3-7-10/h1-9H,(H-,17,18)/p+1. The molecule has 3 nitrogen and oxygen atoms in total. The molecule has 0 atom stereocenters. The van der Waals surface area contributed by atoms with E-state index < -0.39 is 21.2 Å². The third-order valence-electron chi connectivity index (χ3n) is 2.73. The highest BCUT2D eigenvalue weighted by Crippen LogP contribution is 2.17. The first-order valence-electron chi connectivity index (χ1n) is 5.77. The zero-order valence-electron chi connectivity index (χ0n) is 9.97. The molecule has 1 heterocycles. The Morgan fingerprint density at radius 1 is 0.947 bits per heavy atom. The molecule has 0 aliphatic carbocycles. The van der Waals surface area contributed by atoms with E-state index in [1.807, 2.05) is 48.5 Å². The van der Waals surface area contributed by atoms with E-state index >= 15 is 0 Å². The maximum absolute atomic E-state index is 12.0. The van der Waals surface area contributed by atoms with Crippen LogP contribution in [0.4, 0.5) is 5.69 Å². The topological polar surface area (TPSA) is 56.2 Å². The maximum atomic E-state index is 12.0. The van der Waals surface area contributed by atoms with Gasteiger partial charge in [0, 0.05) is 5.39 Å². The van der Waals surface area contributed by atoms with Crippen LogP contribution in [0.1, 0.15) is 0 Å². The minimum atomic E-state index is -0.621. The minimum absolute atomic E-state index is 0.312. The van der Waals surface area contributed by atoms with Gasteiger partial charge in [0.25, 0.3) is 0 Å². The van der Waals surface area contributed by atoms with Crippen LogP contribution < -0.4 is 32.6 Å². The molecule has 0 saturated carbocycles. The van der Waals surface area contributed by atoms with E-state index in [0.29, 0.717) is 14.8 Å². The van der Waals surface area contributed by atoms with E-state index in [4.69, 9.17) is 10.2 Å². The van der Waals surface area contributed by atoms with Crippen molar-refractivity contribution in [3.05, 3.63) is 72.2 Å². The fourth-order valence-electron chi connectivity index (χ4n) is 1.83. The number of hydrogen-bond acceptors (Lipinski definition) is 3. The Balaban J connectivity index is 2.16. The van der Waals surface area contributed by atoms with Gasteiger partial charge in [0.15, 0.2) is 3.57 Å². The lowest BCUT2D eigenvalue weighted by atomic mass is 10.2. The van der Waals surface area contributed by atoms with E-state index in [9.17, 15) is 4.79 Å². The van der Waals surface area contributed by atoms with Gasteiger partial charge >= 0.3 is 30.4 Å². The summed E-state index contributed by atoms with van der Waals surface area (Å²) in [6.07, 6.45) is 0. The number of hydrogen-bond donors (Lipinski definition) is 1. The van der Waals surface area contributed by atoms with E-state index in [2.05, 4.69) is 0 Å². The number of anilines is 1. The summed E-state index contributed by atoms with van der Waals surface area (Å²) in [5, 5.41) is 0.813. The lowest BCUT2D eigenvalue weighted by Gasteiger charge is -1.99. The zero-order chi connectivity index (χ0) is 13.2. The molecule has 0 aliphatic heterocycles. The van der Waals surface area contributed by atoms with Gasteiger partial charge in [0.2, 0.25) is 0 Å². The Hall–Kier alpha value is -1.82. The van der Waals surface area contributed by atoms with Gasteiger partial charge in [-0.3, -0.25) is 0 Å². The average Bonchev–Trinajstić information content (AvgIpc) is 2.45. The summed E-state index contributed by atoms with van der Waals surface area (Å²) in [5.41, 5.74) is 6.93. The van der Waals surface area contributed by atoms with E-state index in [-0.39, 0.29) is 5.63 Å². The first-order valence-corrected chi connectivity index (χ1v) is 7.92. The summed E-state index contributed by atoms with van der Waals surface area (Å²) < 4.78 is 7.11. The summed E-state index contributed by atoms with van der Waals surface area (Å²) in [5.74, 6) is 0. The van der Waals surface area contributed by atoms with Crippen LogP contribution in [0.5, 0.6) is 0 Å². The van der Waals surface area contributed by atoms with Crippen molar-refractivity contribution in [3.63, 3.8) is 0 Å². The Labute approximate surface area is 120 Å². The largest absolute Gasteiger partial charge is 0.419 e. The van der Waals surface area contributed by atoms with Crippen LogP contribution in [-0.4, -0.2) is 0 Å². The zero-order valence-corrected chi connectivity index (χ0v) is 12.1. The quantitative estimate of drug-likeness (QED) is 0.493. The number of fused-ring (bicyclic) bond motifs is 1. The van der Waals surface area contributed by atoms with Gasteiger partial charge in [-0.05, 0) is 24.3 Å². The van der Waals surface area contributed by atoms with E-state index in [1.54, 1.807) is 6.07 Å². The molecule has 0 saturated heterocycles. The van der Waals surface area contributed by atoms with E-state index in [0.717, 1.165) is 8.96 Å². The van der Waals surface area contributed by atoms with Crippen LogP contribution in [-0.2, 0) is 0 Å². The van der Waals surface area contributed by atoms with Crippen molar-refractivity contribution in [3.8, 4) is 0 Å². The second-order valence-electron chi connectivity index (χ2n) is 4.00. The van der Waals surface area contributed by atoms with Crippen LogP contribution in [0.25, 0.3) is 11.0 Å². The highest BCUT2D eigenvalue weighted by molar-refractivity contribution is 5.87. The molecule has 2 N–H and O–H groups in total. The average molecular weight is 364 g/mol. The number of para-hydroxylation sites is 1. The minimum Gasteiger partial charge on any atom is -0.419 e. The van der Waals surface area contributed by atoms with Crippen LogP contribution in [0, 0.1) is 7.14 Å². The SMILES string of the molecule is Nc1c([I+]c2ccccc2)c(=O)oc2ccccc12. The normalized spacial score (nSPS) is 10.7. The first-order chi connectivity index (χ1) is 9.25. The molecule has 0 bridgehead atoms. The fourth-order valence-corrected chi connectivity index (χ4v) is 4.14. The highest BCUT2D eigenvalue weighted by Gasteiger charge is 2.26. The molecule has 0 radical (unpaired) electrons. The lowest BCUT2D eigenvalue weighted by Crippen LogP contribution is -3.62. The molecule has 19 heavy (non-hydrogen) atoms. The Morgan fingerprint density at radius 3 is 2.42 bits per heavy atom. The predicted octanol–water partition coefficient (Wildman–Crippen LogP) is -0.496. The van der Waals surface area contributed by atoms with Crippen LogP contribution >= 0.6 is 0 Å². The van der Waals surface area contributed by atoms with Crippen LogP contribution in [0.15, 0.2) is 63.8 Å². The number of halogens is 1. The van der Waals surface area contributed by atoms with Crippen molar-refractivity contribution < 1.29 is 25.6 Å². The van der Waals surface area contributed by atoms with Crippen molar-refractivity contribution in [2.45, 2.75) is 0 Å². The smallest absolute Gasteiger partial charge is 0.393 e. The highest BCUT2D eigenvalue weighted by atomic mass is 127. The van der Waals surface area contributed by atoms with Gasteiger partial charge in [-0.25, -0.2) is 4.79 Å². The third kappa shape index (κ3) is 2.35. The lowest BCUT2D eigenvalue weighted by molar-refractivity contribution is -0.598. The molecule has 0 fully saturated rings. The molecule has 3 rings (SSSR count). The molecule has 0 unspecified atom stereocenters. The summed E-state index contributed by atoms with van der Waals surface area (Å²) in [4.78, 5) is 12.0. The molecule has 0 amide bonds. The molecular formula is C15H11INO2+. The monoisotopic (exact) mass is 364 g/mol. The molecule has 0 spiro atoms. The molecule has 0 aliphatic rings. The van der Waals surface area contributed by atoms with Gasteiger partial charge < -0.3 is 10.2 Å². The van der Waals surface area contributed by atoms with Gasteiger partial charge in [0.05, 0.1) is 0 Å². The van der Waals surface area contributed by atoms with Crippen molar-refractivity contribution in [1.29, 1.82) is 0 Å². The second kappa shape index (κ2) is 5.05. The van der Waals surface area contributed by atoms with Crippen molar-refractivity contribution in [2.75, 3.05) is 5.73 Å². The second-order valence-corrected chi connectivity index (χ2v) is 6.87. The van der Waals surface area contributed by atoms with Gasteiger partial charge in [-0.1, -0.05) is 30.3 Å².